The van der Waals surface area contributed by atoms with E-state index in [1.54, 1.807) is 25.5 Å². The van der Waals surface area contributed by atoms with Gasteiger partial charge >= 0.3 is 5.97 Å². The van der Waals surface area contributed by atoms with E-state index in [1.165, 1.54) is 11.3 Å². The molecule has 216 valence electrons. The molecule has 1 atom stereocenters. The van der Waals surface area contributed by atoms with Gasteiger partial charge in [-0.05, 0) is 59.5 Å². The molecule has 6 rings (SSSR count). The fraction of sp³-hybridized carbons (Fsp3) is 0.171. The SMILES string of the molecule is CCOC(=O)C1=C(C)N=c2s/c(=C/c3ccc(OCc4cccc5ccccc45)c(OC)c3)c(=O)n2[C@@H]1c1ccccc1. The summed E-state index contributed by atoms with van der Waals surface area (Å²) in [6, 6.07) is 28.8. The molecule has 0 N–H and O–H groups in total. The maximum absolute atomic E-state index is 13.9. The third kappa shape index (κ3) is 5.49. The minimum absolute atomic E-state index is 0.227. The maximum Gasteiger partial charge on any atom is 0.338 e. The van der Waals surface area contributed by atoms with Gasteiger partial charge in [0.05, 0.1) is 35.6 Å². The van der Waals surface area contributed by atoms with Crippen LogP contribution in [0.15, 0.2) is 112 Å². The van der Waals surface area contributed by atoms with Crippen molar-refractivity contribution < 1.29 is 19.0 Å². The van der Waals surface area contributed by atoms with Crippen LogP contribution in [0.3, 0.4) is 0 Å². The highest BCUT2D eigenvalue weighted by Crippen LogP contribution is 2.32. The van der Waals surface area contributed by atoms with Crippen molar-refractivity contribution in [3.8, 4) is 11.5 Å². The summed E-state index contributed by atoms with van der Waals surface area (Å²) in [7, 11) is 1.59. The third-order valence-electron chi connectivity index (χ3n) is 7.38. The zero-order chi connectivity index (χ0) is 29.9. The lowest BCUT2D eigenvalue weighted by molar-refractivity contribution is -0.139. The van der Waals surface area contributed by atoms with Gasteiger partial charge in [-0.25, -0.2) is 9.79 Å². The average molecular weight is 591 g/mol. The van der Waals surface area contributed by atoms with E-state index in [1.807, 2.05) is 72.8 Å². The Kier molecular flexibility index (Phi) is 7.94. The van der Waals surface area contributed by atoms with Crippen LogP contribution >= 0.6 is 11.3 Å². The molecule has 1 aromatic heterocycles. The van der Waals surface area contributed by atoms with Crippen LogP contribution in [-0.4, -0.2) is 24.3 Å². The maximum atomic E-state index is 13.9. The topological polar surface area (TPSA) is 79.1 Å². The number of aromatic nitrogens is 1. The van der Waals surface area contributed by atoms with Crippen LogP contribution in [0.2, 0.25) is 0 Å². The number of esters is 1. The molecule has 4 aromatic carbocycles. The third-order valence-corrected chi connectivity index (χ3v) is 8.36. The highest BCUT2D eigenvalue weighted by atomic mass is 32.1. The van der Waals surface area contributed by atoms with E-state index in [4.69, 9.17) is 14.2 Å². The van der Waals surface area contributed by atoms with Gasteiger partial charge in [0.1, 0.15) is 6.61 Å². The van der Waals surface area contributed by atoms with Gasteiger partial charge in [-0.2, -0.15) is 0 Å². The van der Waals surface area contributed by atoms with Crippen LogP contribution in [0.1, 0.15) is 36.6 Å². The van der Waals surface area contributed by atoms with E-state index >= 15 is 0 Å². The second-order valence-corrected chi connectivity index (χ2v) is 11.1. The Bertz CT molecular complexity index is 2040. The largest absolute Gasteiger partial charge is 0.493 e. The summed E-state index contributed by atoms with van der Waals surface area (Å²) in [6.07, 6.45) is 1.81. The lowest BCUT2D eigenvalue weighted by Gasteiger charge is -2.24. The standard InChI is InChI=1S/C35H30N2O5S/c1-4-41-34(39)31-22(2)36-35-37(32(31)25-12-6-5-7-13-25)33(38)30(43-35)20-23-17-18-28(29(19-23)40-3)42-21-26-15-10-14-24-11-8-9-16-27(24)26/h5-20,32H,4,21H2,1-3H3/b30-20+/t32-/m1/s1. The van der Waals surface area contributed by atoms with Crippen molar-refractivity contribution in [2.75, 3.05) is 13.7 Å². The Morgan fingerprint density at radius 3 is 2.53 bits per heavy atom. The van der Waals surface area contributed by atoms with Crippen LogP contribution in [0, 0.1) is 0 Å². The summed E-state index contributed by atoms with van der Waals surface area (Å²) >= 11 is 1.28. The summed E-state index contributed by atoms with van der Waals surface area (Å²) in [5, 5.41) is 2.30. The number of rotatable bonds is 8. The van der Waals surface area contributed by atoms with Crippen molar-refractivity contribution in [2.24, 2.45) is 4.99 Å². The highest BCUT2D eigenvalue weighted by Gasteiger charge is 2.33. The molecule has 8 heteroatoms. The molecule has 0 bridgehead atoms. The zero-order valence-electron chi connectivity index (χ0n) is 24.1. The van der Waals surface area contributed by atoms with Crippen LogP contribution in [-0.2, 0) is 16.1 Å². The number of allylic oxidation sites excluding steroid dienone is 1. The van der Waals surface area contributed by atoms with E-state index in [2.05, 4.69) is 29.3 Å². The van der Waals surface area contributed by atoms with Crippen LogP contribution in [0.5, 0.6) is 11.5 Å². The molecule has 0 unspecified atom stereocenters. The van der Waals surface area contributed by atoms with Gasteiger partial charge in [0, 0.05) is 0 Å². The number of benzene rings is 4. The van der Waals surface area contributed by atoms with Crippen molar-refractivity contribution in [1.29, 1.82) is 0 Å². The molecule has 0 saturated carbocycles. The number of hydrogen-bond donors (Lipinski definition) is 0. The van der Waals surface area contributed by atoms with E-state index in [0.717, 1.165) is 27.5 Å². The summed E-state index contributed by atoms with van der Waals surface area (Å²) in [5.74, 6) is 0.688. The second-order valence-electron chi connectivity index (χ2n) is 10.1. The van der Waals surface area contributed by atoms with Gasteiger partial charge in [-0.1, -0.05) is 90.2 Å². The number of carbonyl (C=O) groups is 1. The summed E-state index contributed by atoms with van der Waals surface area (Å²) in [4.78, 5) is 32.1. The van der Waals surface area contributed by atoms with Gasteiger partial charge in [0.2, 0.25) is 0 Å². The van der Waals surface area contributed by atoms with Gasteiger partial charge in [0.15, 0.2) is 16.3 Å². The summed E-state index contributed by atoms with van der Waals surface area (Å²) in [6.45, 7) is 4.15. The smallest absolute Gasteiger partial charge is 0.338 e. The van der Waals surface area contributed by atoms with Crippen molar-refractivity contribution >= 4 is 34.2 Å². The van der Waals surface area contributed by atoms with Crippen LogP contribution < -0.4 is 24.4 Å². The molecule has 0 spiro atoms. The van der Waals surface area contributed by atoms with Gasteiger partial charge in [0.25, 0.3) is 5.56 Å². The van der Waals surface area contributed by atoms with E-state index < -0.39 is 12.0 Å². The molecule has 0 aliphatic carbocycles. The quantitative estimate of drug-likeness (QED) is 0.222. The van der Waals surface area contributed by atoms with Crippen molar-refractivity contribution in [1.82, 2.24) is 4.57 Å². The molecular formula is C35H30N2O5S. The van der Waals surface area contributed by atoms with Crippen molar-refractivity contribution in [3.05, 3.63) is 139 Å². The second kappa shape index (κ2) is 12.1. The number of methoxy groups -OCH3 is 1. The number of hydrogen-bond acceptors (Lipinski definition) is 7. The predicted octanol–water partition coefficient (Wildman–Crippen LogP) is 5.54. The first-order valence-electron chi connectivity index (χ1n) is 14.0. The molecule has 0 saturated heterocycles. The first-order valence-corrected chi connectivity index (χ1v) is 14.8. The molecule has 5 aromatic rings. The monoisotopic (exact) mass is 590 g/mol. The Morgan fingerprint density at radius 1 is 0.977 bits per heavy atom. The van der Waals surface area contributed by atoms with Crippen LogP contribution in [0.25, 0.3) is 16.8 Å². The molecule has 7 nitrogen and oxygen atoms in total. The molecule has 0 radical (unpaired) electrons. The van der Waals surface area contributed by atoms with E-state index in [0.29, 0.717) is 38.7 Å². The molecule has 1 aliphatic heterocycles. The van der Waals surface area contributed by atoms with Crippen molar-refractivity contribution in [2.45, 2.75) is 26.5 Å². The molecular weight excluding hydrogens is 560 g/mol. The van der Waals surface area contributed by atoms with E-state index in [9.17, 15) is 9.59 Å². The molecule has 0 amide bonds. The van der Waals surface area contributed by atoms with E-state index in [-0.39, 0.29) is 12.2 Å². The summed E-state index contributed by atoms with van der Waals surface area (Å²) in [5.41, 5.74) is 3.33. The zero-order valence-corrected chi connectivity index (χ0v) is 24.9. The Morgan fingerprint density at radius 2 is 1.74 bits per heavy atom. The van der Waals surface area contributed by atoms with Crippen molar-refractivity contribution in [3.63, 3.8) is 0 Å². The first-order chi connectivity index (χ1) is 21.0. The Labute approximate surface area is 252 Å². The fourth-order valence-electron chi connectivity index (χ4n) is 5.36. The Balaban J connectivity index is 1.36. The van der Waals surface area contributed by atoms with Gasteiger partial charge in [-0.3, -0.25) is 9.36 Å². The fourth-order valence-corrected chi connectivity index (χ4v) is 6.41. The first kappa shape index (κ1) is 28.2. The molecule has 0 fully saturated rings. The normalized spacial score (nSPS) is 14.8. The number of thiazole rings is 1. The summed E-state index contributed by atoms with van der Waals surface area (Å²) < 4.78 is 19.3. The van der Waals surface area contributed by atoms with Gasteiger partial charge < -0.3 is 14.2 Å². The number of fused-ring (bicyclic) bond motifs is 2. The predicted molar refractivity (Wildman–Crippen MR) is 168 cm³/mol. The van der Waals surface area contributed by atoms with Crippen LogP contribution in [0.4, 0.5) is 0 Å². The Hall–Kier alpha value is -4.95. The molecule has 2 heterocycles. The minimum Gasteiger partial charge on any atom is -0.493 e. The minimum atomic E-state index is -0.641. The average Bonchev–Trinajstić information content (AvgIpc) is 3.33. The van der Waals surface area contributed by atoms with Gasteiger partial charge in [-0.15, -0.1) is 0 Å². The number of nitrogens with zero attached hydrogens (tertiary/aromatic N) is 2. The number of ether oxygens (including phenoxy) is 3. The molecule has 1 aliphatic rings. The highest BCUT2D eigenvalue weighted by molar-refractivity contribution is 7.07. The lowest BCUT2D eigenvalue weighted by Crippen LogP contribution is -2.39. The lowest BCUT2D eigenvalue weighted by atomic mass is 9.96. The number of carbonyl (C=O) groups excluding carboxylic acids is 1. The molecule has 43 heavy (non-hydrogen) atoms.